The highest BCUT2D eigenvalue weighted by molar-refractivity contribution is 7.89. The number of carbonyl (C=O) groups is 1. The van der Waals surface area contributed by atoms with E-state index in [1.807, 2.05) is 18.7 Å². The average molecular weight is 385 g/mol. The smallest absolute Gasteiger partial charge is 0.270 e. The molecule has 1 saturated heterocycles. The predicted octanol–water partition coefficient (Wildman–Crippen LogP) is -0.111. The second-order valence-corrected chi connectivity index (χ2v) is 7.97. The van der Waals surface area contributed by atoms with Crippen molar-refractivity contribution in [2.45, 2.75) is 24.8 Å². The number of rotatable bonds is 6. The zero-order valence-electron chi connectivity index (χ0n) is 14.7. The van der Waals surface area contributed by atoms with Crippen LogP contribution in [0.1, 0.15) is 13.8 Å². The Hall–Kier alpha value is -2.24. The molecule has 1 aliphatic rings. The molecule has 144 valence electrons. The van der Waals surface area contributed by atoms with Gasteiger partial charge in [-0.1, -0.05) is 0 Å². The monoisotopic (exact) mass is 385 g/mol. The summed E-state index contributed by atoms with van der Waals surface area (Å²) in [6.07, 6.45) is 0. The number of amides is 1. The molecule has 1 amide bonds. The molecule has 0 aromatic heterocycles. The van der Waals surface area contributed by atoms with Gasteiger partial charge in [0.2, 0.25) is 15.9 Å². The van der Waals surface area contributed by atoms with Crippen molar-refractivity contribution >= 4 is 27.3 Å². The second kappa shape index (κ2) is 7.98. The fraction of sp³-hybridized carbons (Fsp3) is 0.533. The molecule has 0 radical (unpaired) electrons. The molecule has 26 heavy (non-hydrogen) atoms. The quantitative estimate of drug-likeness (QED) is 0.514. The average Bonchev–Trinajstić information content (AvgIpc) is 2.53. The first-order chi connectivity index (χ1) is 12.1. The van der Waals surface area contributed by atoms with Crippen molar-refractivity contribution < 1.29 is 18.1 Å². The highest BCUT2D eigenvalue weighted by atomic mass is 32.2. The van der Waals surface area contributed by atoms with Crippen LogP contribution in [0.2, 0.25) is 0 Å². The molecule has 0 bridgehead atoms. The van der Waals surface area contributed by atoms with Crippen LogP contribution in [0.4, 0.5) is 11.4 Å². The Kier molecular flexibility index (Phi) is 6.16. The van der Waals surface area contributed by atoms with Gasteiger partial charge < -0.3 is 10.2 Å². The highest BCUT2D eigenvalue weighted by Gasteiger charge is 2.26. The molecule has 0 atom stereocenters. The summed E-state index contributed by atoms with van der Waals surface area (Å²) >= 11 is 0. The van der Waals surface area contributed by atoms with E-state index in [0.717, 1.165) is 6.07 Å². The number of hydrogen-bond acceptors (Lipinski definition) is 7. The lowest BCUT2D eigenvalue weighted by molar-refractivity contribution is -0.385. The van der Waals surface area contributed by atoms with E-state index in [4.69, 9.17) is 5.14 Å². The SMILES string of the molecule is CC(C)NC(=O)CN1CCN(c2ccc([N+](=O)[O-])cc2S(N)(=O)=O)CC1. The molecule has 11 heteroatoms. The van der Waals surface area contributed by atoms with Gasteiger partial charge in [0, 0.05) is 44.4 Å². The molecule has 0 unspecified atom stereocenters. The lowest BCUT2D eigenvalue weighted by Gasteiger charge is -2.36. The van der Waals surface area contributed by atoms with Crippen LogP contribution in [0, 0.1) is 10.1 Å². The Morgan fingerprint density at radius 3 is 2.42 bits per heavy atom. The van der Waals surface area contributed by atoms with Crippen LogP contribution >= 0.6 is 0 Å². The van der Waals surface area contributed by atoms with Gasteiger partial charge in [-0.15, -0.1) is 0 Å². The number of carbonyl (C=O) groups excluding carboxylic acids is 1. The Balaban J connectivity index is 2.12. The number of piperazine rings is 1. The number of nitrogens with zero attached hydrogens (tertiary/aromatic N) is 3. The van der Waals surface area contributed by atoms with Crippen LogP contribution in [0.25, 0.3) is 0 Å². The molecular formula is C15H23N5O5S. The maximum absolute atomic E-state index is 11.8. The molecule has 10 nitrogen and oxygen atoms in total. The second-order valence-electron chi connectivity index (χ2n) is 6.44. The summed E-state index contributed by atoms with van der Waals surface area (Å²) in [6, 6.07) is 3.71. The van der Waals surface area contributed by atoms with E-state index in [2.05, 4.69) is 5.32 Å². The van der Waals surface area contributed by atoms with Gasteiger partial charge in [-0.3, -0.25) is 19.8 Å². The van der Waals surface area contributed by atoms with E-state index in [9.17, 15) is 23.3 Å². The normalized spacial score (nSPS) is 15.9. The minimum atomic E-state index is -4.11. The Morgan fingerprint density at radius 1 is 1.31 bits per heavy atom. The van der Waals surface area contributed by atoms with E-state index < -0.39 is 14.9 Å². The summed E-state index contributed by atoms with van der Waals surface area (Å²) in [5.41, 5.74) is 0.00569. The summed E-state index contributed by atoms with van der Waals surface area (Å²) in [5.74, 6) is -0.0611. The third-order valence-electron chi connectivity index (χ3n) is 3.99. The maximum Gasteiger partial charge on any atom is 0.270 e. The van der Waals surface area contributed by atoms with Gasteiger partial charge in [0.1, 0.15) is 4.90 Å². The Morgan fingerprint density at radius 2 is 1.92 bits per heavy atom. The third kappa shape index (κ3) is 5.13. The van der Waals surface area contributed by atoms with E-state index in [1.54, 1.807) is 4.90 Å². The molecule has 0 aliphatic carbocycles. The summed E-state index contributed by atoms with van der Waals surface area (Å²) in [4.78, 5) is 25.6. The summed E-state index contributed by atoms with van der Waals surface area (Å²) in [7, 11) is -4.11. The fourth-order valence-corrected chi connectivity index (χ4v) is 3.60. The van der Waals surface area contributed by atoms with Crippen LogP contribution in [-0.4, -0.2) is 62.9 Å². The zero-order valence-corrected chi connectivity index (χ0v) is 15.5. The van der Waals surface area contributed by atoms with E-state index in [0.29, 0.717) is 31.9 Å². The van der Waals surface area contributed by atoms with Gasteiger partial charge in [0.25, 0.3) is 5.69 Å². The van der Waals surface area contributed by atoms with Crippen LogP contribution in [0.15, 0.2) is 23.1 Å². The van der Waals surface area contributed by atoms with E-state index >= 15 is 0 Å². The Bertz CT molecular complexity index is 788. The van der Waals surface area contributed by atoms with Crippen molar-refractivity contribution in [3.05, 3.63) is 28.3 Å². The lowest BCUT2D eigenvalue weighted by atomic mass is 10.2. The largest absolute Gasteiger partial charge is 0.368 e. The molecule has 0 saturated carbocycles. The van der Waals surface area contributed by atoms with Gasteiger partial charge in [0.15, 0.2) is 0 Å². The Labute approximate surface area is 152 Å². The van der Waals surface area contributed by atoms with Gasteiger partial charge in [-0.25, -0.2) is 13.6 Å². The molecule has 1 aliphatic heterocycles. The number of primary sulfonamides is 1. The van der Waals surface area contributed by atoms with E-state index in [1.165, 1.54) is 12.1 Å². The van der Waals surface area contributed by atoms with Gasteiger partial charge in [-0.05, 0) is 19.9 Å². The minimum Gasteiger partial charge on any atom is -0.368 e. The van der Waals surface area contributed by atoms with Gasteiger partial charge in [-0.2, -0.15) is 0 Å². The molecule has 1 heterocycles. The fourth-order valence-electron chi connectivity index (χ4n) is 2.82. The standard InChI is InChI=1S/C15H23N5O5S/c1-11(2)17-15(21)10-18-5-7-19(8-6-18)13-4-3-12(20(22)23)9-14(13)26(16,24)25/h3-4,9,11H,5-8,10H2,1-2H3,(H,17,21)(H2,16,24,25). The van der Waals surface area contributed by atoms with Crippen molar-refractivity contribution in [1.82, 2.24) is 10.2 Å². The third-order valence-corrected chi connectivity index (χ3v) is 4.93. The highest BCUT2D eigenvalue weighted by Crippen LogP contribution is 2.29. The maximum atomic E-state index is 11.8. The predicted molar refractivity (Wildman–Crippen MR) is 96.4 cm³/mol. The number of nitro benzene ring substituents is 1. The van der Waals surface area contributed by atoms with Crippen LogP contribution in [-0.2, 0) is 14.8 Å². The molecule has 1 aromatic rings. The molecule has 0 spiro atoms. The number of nitrogens with two attached hydrogens (primary N) is 1. The zero-order chi connectivity index (χ0) is 19.5. The number of benzene rings is 1. The molecule has 1 fully saturated rings. The van der Waals surface area contributed by atoms with Gasteiger partial charge in [0.05, 0.1) is 17.2 Å². The van der Waals surface area contributed by atoms with Crippen LogP contribution in [0.3, 0.4) is 0 Å². The molecule has 2 rings (SSSR count). The number of non-ortho nitro benzene ring substituents is 1. The molecule has 1 aromatic carbocycles. The number of nitro groups is 1. The van der Waals surface area contributed by atoms with Crippen molar-refractivity contribution in [3.8, 4) is 0 Å². The minimum absolute atomic E-state index is 0.0611. The topological polar surface area (TPSA) is 139 Å². The molecular weight excluding hydrogens is 362 g/mol. The number of nitrogens with one attached hydrogen (secondary N) is 1. The first-order valence-corrected chi connectivity index (χ1v) is 9.70. The summed E-state index contributed by atoms with van der Waals surface area (Å²) in [5, 5.41) is 19.0. The number of sulfonamides is 1. The van der Waals surface area contributed by atoms with Crippen molar-refractivity contribution in [1.29, 1.82) is 0 Å². The lowest BCUT2D eigenvalue weighted by Crippen LogP contribution is -2.50. The summed E-state index contributed by atoms with van der Waals surface area (Å²) < 4.78 is 23.7. The van der Waals surface area contributed by atoms with Crippen LogP contribution < -0.4 is 15.4 Å². The van der Waals surface area contributed by atoms with Crippen molar-refractivity contribution in [2.75, 3.05) is 37.6 Å². The first-order valence-electron chi connectivity index (χ1n) is 8.16. The van der Waals surface area contributed by atoms with Crippen molar-refractivity contribution in [3.63, 3.8) is 0 Å². The summed E-state index contributed by atoms with van der Waals surface area (Å²) in [6.45, 7) is 6.14. The first kappa shape index (κ1) is 20.1. The number of hydrogen-bond donors (Lipinski definition) is 2. The van der Waals surface area contributed by atoms with Crippen LogP contribution in [0.5, 0.6) is 0 Å². The molecule has 3 N–H and O–H groups in total. The van der Waals surface area contributed by atoms with Crippen molar-refractivity contribution in [2.24, 2.45) is 5.14 Å². The number of anilines is 1. The van der Waals surface area contributed by atoms with E-state index in [-0.39, 0.29) is 29.1 Å². The van der Waals surface area contributed by atoms with Gasteiger partial charge >= 0.3 is 0 Å².